The molecule has 5 nitrogen and oxygen atoms in total. The van der Waals surface area contributed by atoms with Crippen molar-refractivity contribution in [1.82, 2.24) is 15.0 Å². The third-order valence-corrected chi connectivity index (χ3v) is 2.36. The zero-order chi connectivity index (χ0) is 12.1. The number of hydrogen-bond donors (Lipinski definition) is 1. The number of hydrogen-bond acceptors (Lipinski definition) is 5. The first-order valence-electron chi connectivity index (χ1n) is 5.31. The summed E-state index contributed by atoms with van der Waals surface area (Å²) in [4.78, 5) is 14.3. The van der Waals surface area contributed by atoms with Crippen molar-refractivity contribution in [2.75, 3.05) is 11.9 Å². The number of nitrogens with zero attached hydrogens (tertiary/aromatic N) is 4. The maximum Gasteiger partial charge on any atom is 0.225 e. The van der Waals surface area contributed by atoms with Gasteiger partial charge in [0.05, 0.1) is 6.61 Å². The minimum absolute atomic E-state index is 0.0351. The lowest BCUT2D eigenvalue weighted by Gasteiger charge is -2.16. The van der Waals surface area contributed by atoms with Gasteiger partial charge < -0.3 is 10.0 Å². The van der Waals surface area contributed by atoms with Gasteiger partial charge in [-0.3, -0.25) is 4.98 Å². The van der Waals surface area contributed by atoms with Gasteiger partial charge in [0.25, 0.3) is 0 Å². The highest BCUT2D eigenvalue weighted by Gasteiger charge is 2.04. The van der Waals surface area contributed by atoms with E-state index in [9.17, 15) is 0 Å². The molecule has 0 spiro atoms. The molecule has 0 amide bonds. The van der Waals surface area contributed by atoms with Crippen LogP contribution in [0.25, 0.3) is 0 Å². The molecule has 2 heterocycles. The Kier molecular flexibility index (Phi) is 3.62. The van der Waals surface area contributed by atoms with Crippen LogP contribution in [0.1, 0.15) is 11.1 Å². The molecule has 0 aliphatic rings. The lowest BCUT2D eigenvalue weighted by molar-refractivity contribution is 0.281. The molecule has 0 bridgehead atoms. The van der Waals surface area contributed by atoms with Crippen LogP contribution < -0.4 is 4.90 Å². The average Bonchev–Trinajstić information content (AvgIpc) is 2.40. The lowest BCUT2D eigenvalue weighted by atomic mass is 10.3. The molecule has 0 atom stereocenters. The van der Waals surface area contributed by atoms with Crippen LogP contribution in [0.2, 0.25) is 0 Å². The zero-order valence-corrected chi connectivity index (χ0v) is 9.61. The van der Waals surface area contributed by atoms with Crippen LogP contribution in [0.4, 0.5) is 5.95 Å². The topological polar surface area (TPSA) is 62.1 Å². The van der Waals surface area contributed by atoms with Crippen LogP contribution >= 0.6 is 0 Å². The zero-order valence-electron chi connectivity index (χ0n) is 9.61. The van der Waals surface area contributed by atoms with Crippen LogP contribution in [0.15, 0.2) is 36.9 Å². The number of pyridine rings is 1. The van der Waals surface area contributed by atoms with Gasteiger partial charge in [-0.25, -0.2) is 9.97 Å². The molecule has 0 radical (unpaired) electrons. The van der Waals surface area contributed by atoms with Gasteiger partial charge in [-0.1, -0.05) is 6.07 Å². The van der Waals surface area contributed by atoms with Crippen molar-refractivity contribution in [3.63, 3.8) is 0 Å². The number of aliphatic hydroxyl groups is 1. The molecule has 17 heavy (non-hydrogen) atoms. The van der Waals surface area contributed by atoms with Crippen LogP contribution in [0.5, 0.6) is 0 Å². The monoisotopic (exact) mass is 230 g/mol. The Balaban J connectivity index is 2.06. The smallest absolute Gasteiger partial charge is 0.225 e. The maximum absolute atomic E-state index is 8.90. The van der Waals surface area contributed by atoms with Crippen LogP contribution in [0, 0.1) is 0 Å². The van der Waals surface area contributed by atoms with Crippen LogP contribution in [-0.2, 0) is 13.2 Å². The minimum Gasteiger partial charge on any atom is -0.392 e. The summed E-state index contributed by atoms with van der Waals surface area (Å²) in [5.41, 5.74) is 1.81. The van der Waals surface area contributed by atoms with Gasteiger partial charge >= 0.3 is 0 Å². The van der Waals surface area contributed by atoms with Crippen molar-refractivity contribution < 1.29 is 5.11 Å². The summed E-state index contributed by atoms with van der Waals surface area (Å²) >= 11 is 0. The number of aromatic nitrogens is 3. The van der Waals surface area contributed by atoms with E-state index in [1.807, 2.05) is 30.3 Å². The molecule has 2 rings (SSSR count). The molecule has 0 saturated heterocycles. The fraction of sp³-hybridized carbons (Fsp3) is 0.250. The predicted octanol–water partition coefficient (Wildman–Crippen LogP) is 1.00. The second-order valence-electron chi connectivity index (χ2n) is 3.77. The minimum atomic E-state index is -0.0351. The van der Waals surface area contributed by atoms with Crippen molar-refractivity contribution in [3.05, 3.63) is 48.0 Å². The number of aliphatic hydroxyl groups excluding tert-OH is 1. The molecule has 0 aliphatic heterocycles. The van der Waals surface area contributed by atoms with E-state index < -0.39 is 0 Å². The van der Waals surface area contributed by atoms with E-state index in [0.717, 1.165) is 5.56 Å². The third-order valence-electron chi connectivity index (χ3n) is 2.36. The van der Waals surface area contributed by atoms with Gasteiger partial charge in [0.1, 0.15) is 0 Å². The summed E-state index contributed by atoms with van der Waals surface area (Å²) in [6, 6.07) is 3.91. The first-order chi connectivity index (χ1) is 8.29. The highest BCUT2D eigenvalue weighted by atomic mass is 16.3. The average molecular weight is 230 g/mol. The summed E-state index contributed by atoms with van der Waals surface area (Å²) < 4.78 is 0. The van der Waals surface area contributed by atoms with Gasteiger partial charge in [-0.2, -0.15) is 0 Å². The Morgan fingerprint density at radius 1 is 1.18 bits per heavy atom. The molecule has 0 unspecified atom stereocenters. The summed E-state index contributed by atoms with van der Waals surface area (Å²) in [6.07, 6.45) is 6.82. The Morgan fingerprint density at radius 2 is 1.94 bits per heavy atom. The molecule has 5 heteroatoms. The van der Waals surface area contributed by atoms with Gasteiger partial charge in [-0.15, -0.1) is 0 Å². The Morgan fingerprint density at radius 3 is 2.53 bits per heavy atom. The van der Waals surface area contributed by atoms with Crippen molar-refractivity contribution >= 4 is 5.95 Å². The summed E-state index contributed by atoms with van der Waals surface area (Å²) in [5.74, 6) is 0.631. The van der Waals surface area contributed by atoms with Crippen molar-refractivity contribution in [2.24, 2.45) is 0 Å². The number of rotatable bonds is 4. The Hall–Kier alpha value is -2.01. The van der Waals surface area contributed by atoms with Crippen LogP contribution in [0.3, 0.4) is 0 Å². The molecular weight excluding hydrogens is 216 g/mol. The molecule has 88 valence electrons. The van der Waals surface area contributed by atoms with Gasteiger partial charge in [0.2, 0.25) is 5.95 Å². The molecule has 0 saturated carbocycles. The summed E-state index contributed by atoms with van der Waals surface area (Å²) in [6.45, 7) is 0.666. The fourth-order valence-electron chi connectivity index (χ4n) is 1.46. The second kappa shape index (κ2) is 5.36. The highest BCUT2D eigenvalue weighted by Crippen LogP contribution is 2.09. The molecule has 2 aromatic rings. The standard InChI is InChI=1S/C12H14N4O/c1-16(8-10-3-2-4-13-5-10)12-14-6-11(9-17)7-15-12/h2-7,17H,8-9H2,1H3. The normalized spacial score (nSPS) is 10.2. The summed E-state index contributed by atoms with van der Waals surface area (Å²) in [5, 5.41) is 8.90. The Bertz CT molecular complexity index is 458. The van der Waals surface area contributed by atoms with E-state index >= 15 is 0 Å². The van der Waals surface area contributed by atoms with E-state index in [2.05, 4.69) is 15.0 Å². The highest BCUT2D eigenvalue weighted by molar-refractivity contribution is 5.30. The van der Waals surface area contributed by atoms with Gasteiger partial charge in [-0.05, 0) is 11.6 Å². The van der Waals surface area contributed by atoms with E-state index in [-0.39, 0.29) is 6.61 Å². The molecule has 1 N–H and O–H groups in total. The third kappa shape index (κ3) is 2.98. The molecule has 0 fully saturated rings. The quantitative estimate of drug-likeness (QED) is 0.849. The molecular formula is C12H14N4O. The van der Waals surface area contributed by atoms with Crippen molar-refractivity contribution in [1.29, 1.82) is 0 Å². The van der Waals surface area contributed by atoms with Gasteiger partial charge in [0, 0.05) is 43.9 Å². The fourth-order valence-corrected chi connectivity index (χ4v) is 1.46. The molecule has 0 aliphatic carbocycles. The Labute approximate surface area is 99.8 Å². The number of anilines is 1. The van der Waals surface area contributed by atoms with E-state index in [4.69, 9.17) is 5.11 Å². The molecule has 2 aromatic heterocycles. The van der Waals surface area contributed by atoms with E-state index in [1.165, 1.54) is 0 Å². The second-order valence-corrected chi connectivity index (χ2v) is 3.77. The van der Waals surface area contributed by atoms with Crippen LogP contribution in [-0.4, -0.2) is 27.1 Å². The van der Waals surface area contributed by atoms with Gasteiger partial charge in [0.15, 0.2) is 0 Å². The lowest BCUT2D eigenvalue weighted by Crippen LogP contribution is -2.19. The SMILES string of the molecule is CN(Cc1cccnc1)c1ncc(CO)cn1. The van der Waals surface area contributed by atoms with E-state index in [0.29, 0.717) is 18.1 Å². The van der Waals surface area contributed by atoms with E-state index in [1.54, 1.807) is 18.6 Å². The van der Waals surface area contributed by atoms with Crippen molar-refractivity contribution in [2.45, 2.75) is 13.2 Å². The first kappa shape index (κ1) is 11.5. The first-order valence-corrected chi connectivity index (χ1v) is 5.31. The largest absolute Gasteiger partial charge is 0.392 e. The summed E-state index contributed by atoms with van der Waals surface area (Å²) in [7, 11) is 1.92. The molecule has 0 aromatic carbocycles. The van der Waals surface area contributed by atoms with Crippen molar-refractivity contribution in [3.8, 4) is 0 Å². The predicted molar refractivity (Wildman–Crippen MR) is 64.3 cm³/mol. The maximum atomic E-state index is 8.90.